The van der Waals surface area contributed by atoms with Gasteiger partial charge < -0.3 is 9.42 Å². The summed E-state index contributed by atoms with van der Waals surface area (Å²) in [6.07, 6.45) is 1.58. The molecule has 0 radical (unpaired) electrons. The van der Waals surface area contributed by atoms with Crippen molar-refractivity contribution in [2.75, 3.05) is 13.1 Å². The zero-order valence-electron chi connectivity index (χ0n) is 15.0. The van der Waals surface area contributed by atoms with Crippen LogP contribution in [0.25, 0.3) is 0 Å². The van der Waals surface area contributed by atoms with E-state index in [1.165, 1.54) is 24.3 Å². The summed E-state index contributed by atoms with van der Waals surface area (Å²) >= 11 is 0. The number of carbonyl (C=O) groups is 2. The highest BCUT2D eigenvalue weighted by atomic mass is 19.1. The maximum atomic E-state index is 13.1. The van der Waals surface area contributed by atoms with Crippen LogP contribution in [0.15, 0.2) is 59.1 Å². The number of carbonyl (C=O) groups excluding carboxylic acids is 2. The number of rotatable bonds is 4. The van der Waals surface area contributed by atoms with Crippen molar-refractivity contribution in [3.63, 3.8) is 0 Å². The van der Waals surface area contributed by atoms with E-state index < -0.39 is 0 Å². The van der Waals surface area contributed by atoms with Gasteiger partial charge in [0, 0.05) is 30.1 Å². The minimum absolute atomic E-state index is 0.0526. The Morgan fingerprint density at radius 1 is 1.04 bits per heavy atom. The first-order valence-electron chi connectivity index (χ1n) is 9.10. The molecule has 1 saturated heterocycles. The fourth-order valence-corrected chi connectivity index (χ4v) is 3.35. The number of halogens is 1. The van der Waals surface area contributed by atoms with E-state index in [4.69, 9.17) is 4.52 Å². The number of ketones is 1. The van der Waals surface area contributed by atoms with Gasteiger partial charge in [0.25, 0.3) is 17.6 Å². The molecule has 0 aliphatic carbocycles. The third-order valence-electron chi connectivity index (χ3n) is 4.84. The van der Waals surface area contributed by atoms with Gasteiger partial charge in [0.05, 0.1) is 0 Å². The number of aromatic nitrogens is 2. The van der Waals surface area contributed by atoms with Crippen molar-refractivity contribution >= 4 is 11.7 Å². The monoisotopic (exact) mass is 379 g/mol. The lowest BCUT2D eigenvalue weighted by molar-refractivity contribution is 0.0703. The van der Waals surface area contributed by atoms with Gasteiger partial charge in [0.2, 0.25) is 0 Å². The molecule has 0 bridgehead atoms. The second-order valence-electron chi connectivity index (χ2n) is 6.75. The molecular weight excluding hydrogens is 361 g/mol. The van der Waals surface area contributed by atoms with Crippen LogP contribution in [-0.4, -0.2) is 39.8 Å². The topological polar surface area (TPSA) is 76.3 Å². The van der Waals surface area contributed by atoms with Gasteiger partial charge in [-0.3, -0.25) is 9.59 Å². The minimum atomic E-state index is -0.379. The smallest absolute Gasteiger partial charge is 0.299 e. The number of nitrogens with zero attached hydrogens (tertiary/aromatic N) is 3. The molecule has 7 heteroatoms. The van der Waals surface area contributed by atoms with Crippen LogP contribution >= 0.6 is 0 Å². The first-order chi connectivity index (χ1) is 13.6. The number of benzene rings is 2. The quantitative estimate of drug-likeness (QED) is 0.649. The number of amides is 1. The Morgan fingerprint density at radius 3 is 2.54 bits per heavy atom. The van der Waals surface area contributed by atoms with E-state index in [-0.39, 0.29) is 29.3 Å². The van der Waals surface area contributed by atoms with E-state index in [2.05, 4.69) is 10.1 Å². The van der Waals surface area contributed by atoms with Crippen LogP contribution < -0.4 is 0 Å². The fraction of sp³-hybridized carbons (Fsp3) is 0.238. The SMILES string of the molecule is O=C(c1ccccc1)c1nc(C2CCCN(C(=O)c3ccc(F)cc3)C2)no1. The van der Waals surface area contributed by atoms with Crippen LogP contribution in [0.2, 0.25) is 0 Å². The summed E-state index contributed by atoms with van der Waals surface area (Å²) in [4.78, 5) is 31.1. The summed E-state index contributed by atoms with van der Waals surface area (Å²) in [7, 11) is 0. The standard InChI is InChI=1S/C21H18FN3O3/c22-17-10-8-15(9-11-17)21(27)25-12-4-7-16(13-25)19-23-20(28-24-19)18(26)14-5-2-1-3-6-14/h1-3,5-6,8-11,16H,4,7,12-13H2. The summed E-state index contributed by atoms with van der Waals surface area (Å²) in [6, 6.07) is 14.2. The number of piperidine rings is 1. The molecule has 142 valence electrons. The number of hydrogen-bond donors (Lipinski definition) is 0. The van der Waals surface area contributed by atoms with Gasteiger partial charge in [-0.15, -0.1) is 0 Å². The van der Waals surface area contributed by atoms with Gasteiger partial charge in [-0.1, -0.05) is 35.5 Å². The Balaban J connectivity index is 1.48. The first-order valence-corrected chi connectivity index (χ1v) is 9.10. The van der Waals surface area contributed by atoms with Gasteiger partial charge in [-0.2, -0.15) is 4.98 Å². The molecule has 1 aromatic heterocycles. The Bertz CT molecular complexity index is 986. The van der Waals surface area contributed by atoms with Gasteiger partial charge in [0.15, 0.2) is 5.82 Å². The highest BCUT2D eigenvalue weighted by molar-refractivity contribution is 6.05. The van der Waals surface area contributed by atoms with Gasteiger partial charge in [0.1, 0.15) is 5.82 Å². The minimum Gasteiger partial charge on any atom is -0.338 e. The molecule has 1 aliphatic rings. The average molecular weight is 379 g/mol. The molecule has 0 saturated carbocycles. The van der Waals surface area contributed by atoms with Gasteiger partial charge in [-0.25, -0.2) is 4.39 Å². The summed E-state index contributed by atoms with van der Waals surface area (Å²) in [5, 5.41) is 3.97. The second-order valence-corrected chi connectivity index (χ2v) is 6.75. The summed E-state index contributed by atoms with van der Waals surface area (Å²) in [5.74, 6) is -0.600. The van der Waals surface area contributed by atoms with Crippen LogP contribution in [0.3, 0.4) is 0 Å². The Kier molecular flexibility index (Phi) is 4.97. The van der Waals surface area contributed by atoms with Gasteiger partial charge in [-0.05, 0) is 37.1 Å². The Labute approximate surface area is 161 Å². The molecule has 0 N–H and O–H groups in total. The van der Waals surface area contributed by atoms with Crippen LogP contribution in [-0.2, 0) is 0 Å². The highest BCUT2D eigenvalue weighted by Gasteiger charge is 2.29. The van der Waals surface area contributed by atoms with E-state index in [9.17, 15) is 14.0 Å². The molecule has 1 unspecified atom stereocenters. The predicted molar refractivity (Wildman–Crippen MR) is 98.5 cm³/mol. The van der Waals surface area contributed by atoms with Crippen molar-refractivity contribution in [3.05, 3.63) is 83.3 Å². The number of likely N-dealkylation sites (tertiary alicyclic amines) is 1. The first kappa shape index (κ1) is 18.0. The molecule has 28 heavy (non-hydrogen) atoms. The van der Waals surface area contributed by atoms with Crippen LogP contribution in [0.5, 0.6) is 0 Å². The van der Waals surface area contributed by atoms with Crippen molar-refractivity contribution < 1.29 is 18.5 Å². The second kappa shape index (κ2) is 7.72. The maximum Gasteiger partial charge on any atom is 0.299 e. The predicted octanol–water partition coefficient (Wildman–Crippen LogP) is 3.46. The van der Waals surface area contributed by atoms with E-state index in [1.807, 2.05) is 6.07 Å². The van der Waals surface area contributed by atoms with Crippen LogP contribution in [0, 0.1) is 5.82 Å². The summed E-state index contributed by atoms with van der Waals surface area (Å²) in [6.45, 7) is 1.04. The summed E-state index contributed by atoms with van der Waals surface area (Å²) in [5.41, 5.74) is 0.921. The molecule has 1 atom stereocenters. The Morgan fingerprint density at radius 2 is 1.79 bits per heavy atom. The van der Waals surface area contributed by atoms with E-state index in [0.29, 0.717) is 30.0 Å². The average Bonchev–Trinajstić information content (AvgIpc) is 3.24. The zero-order valence-corrected chi connectivity index (χ0v) is 15.0. The molecule has 2 heterocycles. The summed E-state index contributed by atoms with van der Waals surface area (Å²) < 4.78 is 18.3. The third-order valence-corrected chi connectivity index (χ3v) is 4.84. The van der Waals surface area contributed by atoms with Crippen LogP contribution in [0.4, 0.5) is 4.39 Å². The van der Waals surface area contributed by atoms with E-state index in [1.54, 1.807) is 29.2 Å². The fourth-order valence-electron chi connectivity index (χ4n) is 3.35. The highest BCUT2D eigenvalue weighted by Crippen LogP contribution is 2.26. The zero-order chi connectivity index (χ0) is 19.5. The van der Waals surface area contributed by atoms with Crippen molar-refractivity contribution in [2.24, 2.45) is 0 Å². The van der Waals surface area contributed by atoms with Crippen molar-refractivity contribution in [3.8, 4) is 0 Å². The van der Waals surface area contributed by atoms with Gasteiger partial charge >= 0.3 is 0 Å². The number of hydrogen-bond acceptors (Lipinski definition) is 5. The molecule has 3 aromatic rings. The van der Waals surface area contributed by atoms with Crippen molar-refractivity contribution in [1.82, 2.24) is 15.0 Å². The molecular formula is C21H18FN3O3. The van der Waals surface area contributed by atoms with E-state index in [0.717, 1.165) is 12.8 Å². The lowest BCUT2D eigenvalue weighted by Crippen LogP contribution is -2.39. The molecule has 6 nitrogen and oxygen atoms in total. The third kappa shape index (κ3) is 3.69. The molecule has 1 aliphatic heterocycles. The van der Waals surface area contributed by atoms with Crippen LogP contribution in [0.1, 0.15) is 51.2 Å². The van der Waals surface area contributed by atoms with E-state index >= 15 is 0 Å². The molecule has 1 fully saturated rings. The molecule has 0 spiro atoms. The largest absolute Gasteiger partial charge is 0.338 e. The molecule has 4 rings (SSSR count). The maximum absolute atomic E-state index is 13.1. The normalized spacial score (nSPS) is 16.8. The lowest BCUT2D eigenvalue weighted by Gasteiger charge is -2.31. The Hall–Kier alpha value is -3.35. The van der Waals surface area contributed by atoms with Crippen molar-refractivity contribution in [2.45, 2.75) is 18.8 Å². The van der Waals surface area contributed by atoms with Crippen molar-refractivity contribution in [1.29, 1.82) is 0 Å². The lowest BCUT2D eigenvalue weighted by atomic mass is 9.96. The molecule has 1 amide bonds. The molecule has 2 aromatic carbocycles.